The first kappa shape index (κ1) is 14.0. The molecule has 1 aliphatic rings. The molecule has 1 unspecified atom stereocenters. The number of halogens is 3. The molecule has 1 aromatic rings. The summed E-state index contributed by atoms with van der Waals surface area (Å²) in [6.45, 7) is 2.00. The smallest absolute Gasteiger partial charge is 0.404 e. The Bertz CT molecular complexity index is 403. The van der Waals surface area contributed by atoms with Crippen LogP contribution in [0.1, 0.15) is 12.8 Å². The van der Waals surface area contributed by atoms with Crippen molar-refractivity contribution in [3.8, 4) is 5.75 Å². The number of nitrogens with one attached hydrogen (secondary N) is 1. The number of hydrogen-bond donors (Lipinski definition) is 1. The van der Waals surface area contributed by atoms with Crippen LogP contribution in [0, 0.1) is 5.92 Å². The fraction of sp³-hybridized carbons (Fsp3) is 0.538. The van der Waals surface area contributed by atoms with Crippen molar-refractivity contribution < 1.29 is 22.6 Å². The minimum absolute atomic E-state index is 0.202. The first-order chi connectivity index (χ1) is 9.04. The topological polar surface area (TPSA) is 30.5 Å². The molecule has 6 heteroatoms. The zero-order valence-electron chi connectivity index (χ0n) is 10.4. The summed E-state index contributed by atoms with van der Waals surface area (Å²) < 4.78 is 46.0. The molecule has 19 heavy (non-hydrogen) atoms. The molecule has 0 radical (unpaired) electrons. The SMILES string of the molecule is FC(F)(F)Oc1ccccc1NCC1CCCOC1. The van der Waals surface area contributed by atoms with Crippen LogP contribution in [0.25, 0.3) is 0 Å². The molecular weight excluding hydrogens is 259 g/mol. The Morgan fingerprint density at radius 2 is 2.11 bits per heavy atom. The summed E-state index contributed by atoms with van der Waals surface area (Å²) in [7, 11) is 0. The van der Waals surface area contributed by atoms with Gasteiger partial charge < -0.3 is 14.8 Å². The highest BCUT2D eigenvalue weighted by molar-refractivity contribution is 5.56. The minimum Gasteiger partial charge on any atom is -0.404 e. The highest BCUT2D eigenvalue weighted by atomic mass is 19.4. The summed E-state index contributed by atoms with van der Waals surface area (Å²) in [5.74, 6) is 0.124. The second-order valence-corrected chi connectivity index (χ2v) is 4.51. The van der Waals surface area contributed by atoms with Gasteiger partial charge in [-0.25, -0.2) is 0 Å². The predicted octanol–water partition coefficient (Wildman–Crippen LogP) is 3.42. The van der Waals surface area contributed by atoms with Crippen molar-refractivity contribution in [2.75, 3.05) is 25.1 Å². The predicted molar refractivity (Wildman–Crippen MR) is 65.2 cm³/mol. The normalized spacial score (nSPS) is 20.1. The van der Waals surface area contributed by atoms with E-state index in [-0.39, 0.29) is 5.75 Å². The number of anilines is 1. The van der Waals surface area contributed by atoms with Crippen LogP contribution >= 0.6 is 0 Å². The molecular formula is C13H16F3NO2. The quantitative estimate of drug-likeness (QED) is 0.913. The first-order valence-corrected chi connectivity index (χ1v) is 6.21. The molecule has 1 N–H and O–H groups in total. The average molecular weight is 275 g/mol. The van der Waals surface area contributed by atoms with Crippen LogP contribution in [-0.2, 0) is 4.74 Å². The molecule has 1 aromatic carbocycles. The molecule has 1 fully saturated rings. The van der Waals surface area contributed by atoms with Gasteiger partial charge in [-0.05, 0) is 30.9 Å². The molecule has 1 atom stereocenters. The van der Waals surface area contributed by atoms with Gasteiger partial charge >= 0.3 is 6.36 Å². The zero-order chi connectivity index (χ0) is 13.7. The summed E-state index contributed by atoms with van der Waals surface area (Å²) in [4.78, 5) is 0. The van der Waals surface area contributed by atoms with E-state index in [1.807, 2.05) is 0 Å². The van der Waals surface area contributed by atoms with E-state index in [1.165, 1.54) is 12.1 Å². The second-order valence-electron chi connectivity index (χ2n) is 4.51. The standard InChI is InChI=1S/C13H16F3NO2/c14-13(15,16)19-12-6-2-1-5-11(12)17-8-10-4-3-7-18-9-10/h1-2,5-6,10,17H,3-4,7-9H2. The van der Waals surface area contributed by atoms with Gasteiger partial charge in [-0.15, -0.1) is 13.2 Å². The van der Waals surface area contributed by atoms with Gasteiger partial charge in [0.05, 0.1) is 12.3 Å². The van der Waals surface area contributed by atoms with Crippen LogP contribution in [-0.4, -0.2) is 26.1 Å². The summed E-state index contributed by atoms with van der Waals surface area (Å²) in [6.07, 6.45) is -2.66. The molecule has 0 amide bonds. The molecule has 3 nitrogen and oxygen atoms in total. The molecule has 1 saturated heterocycles. The van der Waals surface area contributed by atoms with Gasteiger partial charge in [-0.1, -0.05) is 12.1 Å². The molecule has 1 heterocycles. The fourth-order valence-electron chi connectivity index (χ4n) is 2.05. The molecule has 0 saturated carbocycles. The summed E-state index contributed by atoms with van der Waals surface area (Å²) in [5.41, 5.74) is 0.352. The van der Waals surface area contributed by atoms with Gasteiger partial charge in [0.2, 0.25) is 0 Å². The third-order valence-electron chi connectivity index (χ3n) is 2.95. The van der Waals surface area contributed by atoms with Crippen molar-refractivity contribution >= 4 is 5.69 Å². The maximum Gasteiger partial charge on any atom is 0.573 e. The van der Waals surface area contributed by atoms with E-state index in [2.05, 4.69) is 10.1 Å². The Labute approximate surface area is 109 Å². The van der Waals surface area contributed by atoms with E-state index >= 15 is 0 Å². The second kappa shape index (κ2) is 6.14. The lowest BCUT2D eigenvalue weighted by Crippen LogP contribution is -2.25. The van der Waals surface area contributed by atoms with E-state index in [4.69, 9.17) is 4.74 Å². The van der Waals surface area contributed by atoms with Crippen LogP contribution in [0.5, 0.6) is 5.75 Å². The van der Waals surface area contributed by atoms with Crippen molar-refractivity contribution in [3.05, 3.63) is 24.3 Å². The van der Waals surface area contributed by atoms with Gasteiger partial charge in [0.25, 0.3) is 0 Å². The zero-order valence-corrected chi connectivity index (χ0v) is 10.4. The van der Waals surface area contributed by atoms with E-state index in [0.29, 0.717) is 24.8 Å². The third-order valence-corrected chi connectivity index (χ3v) is 2.95. The van der Waals surface area contributed by atoms with Crippen LogP contribution in [0.4, 0.5) is 18.9 Å². The van der Waals surface area contributed by atoms with Gasteiger partial charge in [0.1, 0.15) is 0 Å². The number of alkyl halides is 3. The molecule has 0 aromatic heterocycles. The minimum atomic E-state index is -4.67. The van der Waals surface area contributed by atoms with Crippen molar-refractivity contribution in [2.45, 2.75) is 19.2 Å². The summed E-state index contributed by atoms with van der Waals surface area (Å²) >= 11 is 0. The van der Waals surface area contributed by atoms with E-state index in [9.17, 15) is 13.2 Å². The lowest BCUT2D eigenvalue weighted by atomic mass is 10.0. The average Bonchev–Trinajstić information content (AvgIpc) is 2.37. The maximum absolute atomic E-state index is 12.2. The fourth-order valence-corrected chi connectivity index (χ4v) is 2.05. The largest absolute Gasteiger partial charge is 0.573 e. The van der Waals surface area contributed by atoms with E-state index in [1.54, 1.807) is 12.1 Å². The highest BCUT2D eigenvalue weighted by Gasteiger charge is 2.32. The third kappa shape index (κ3) is 4.63. The van der Waals surface area contributed by atoms with E-state index < -0.39 is 6.36 Å². The number of rotatable bonds is 4. The maximum atomic E-state index is 12.2. The lowest BCUT2D eigenvalue weighted by molar-refractivity contribution is -0.274. The first-order valence-electron chi connectivity index (χ1n) is 6.21. The number of benzene rings is 1. The van der Waals surface area contributed by atoms with Crippen LogP contribution in [0.15, 0.2) is 24.3 Å². The Kier molecular flexibility index (Phi) is 4.52. The number of para-hydroxylation sites is 2. The van der Waals surface area contributed by atoms with Crippen LogP contribution < -0.4 is 10.1 Å². The summed E-state index contributed by atoms with van der Waals surface area (Å²) in [5, 5.41) is 3.00. The Hall–Kier alpha value is -1.43. The van der Waals surface area contributed by atoms with Gasteiger partial charge in [-0.2, -0.15) is 0 Å². The van der Waals surface area contributed by atoms with Crippen molar-refractivity contribution in [1.29, 1.82) is 0 Å². The van der Waals surface area contributed by atoms with Crippen molar-refractivity contribution in [2.24, 2.45) is 5.92 Å². The number of hydrogen-bond acceptors (Lipinski definition) is 3. The molecule has 106 valence electrons. The molecule has 0 bridgehead atoms. The molecule has 2 rings (SSSR count). The Morgan fingerprint density at radius 1 is 1.32 bits per heavy atom. The number of ether oxygens (including phenoxy) is 2. The van der Waals surface area contributed by atoms with Crippen LogP contribution in [0.3, 0.4) is 0 Å². The van der Waals surface area contributed by atoms with Crippen LogP contribution in [0.2, 0.25) is 0 Å². The summed E-state index contributed by atoms with van der Waals surface area (Å²) in [6, 6.07) is 6.05. The molecule has 0 aliphatic carbocycles. The monoisotopic (exact) mass is 275 g/mol. The van der Waals surface area contributed by atoms with Gasteiger partial charge in [-0.3, -0.25) is 0 Å². The Morgan fingerprint density at radius 3 is 2.79 bits per heavy atom. The molecule has 1 aliphatic heterocycles. The molecule has 0 spiro atoms. The van der Waals surface area contributed by atoms with E-state index in [0.717, 1.165) is 19.4 Å². The van der Waals surface area contributed by atoms with Gasteiger partial charge in [0.15, 0.2) is 5.75 Å². The Balaban J connectivity index is 1.95. The lowest BCUT2D eigenvalue weighted by Gasteiger charge is -2.23. The van der Waals surface area contributed by atoms with Crippen molar-refractivity contribution in [1.82, 2.24) is 0 Å². The van der Waals surface area contributed by atoms with Crippen molar-refractivity contribution in [3.63, 3.8) is 0 Å². The highest BCUT2D eigenvalue weighted by Crippen LogP contribution is 2.30. The van der Waals surface area contributed by atoms with Gasteiger partial charge in [0, 0.05) is 13.2 Å².